The molecule has 1 aromatic heterocycles. The van der Waals surface area contributed by atoms with E-state index < -0.39 is 0 Å². The standard InChI is InChI=1S/C15H19NS2/c1-4-17-14-7-5-12(6-8-14)15(16-3)13-9-11(2)18-10-13/h5-10,15-16H,4H2,1-3H3. The zero-order valence-corrected chi connectivity index (χ0v) is 12.7. The summed E-state index contributed by atoms with van der Waals surface area (Å²) in [4.78, 5) is 2.71. The summed E-state index contributed by atoms with van der Waals surface area (Å²) in [6, 6.07) is 11.5. The molecule has 1 nitrogen and oxygen atoms in total. The van der Waals surface area contributed by atoms with Crippen molar-refractivity contribution in [1.29, 1.82) is 0 Å². The first-order valence-electron chi connectivity index (χ1n) is 6.19. The van der Waals surface area contributed by atoms with Gasteiger partial charge in [-0.05, 0) is 54.4 Å². The van der Waals surface area contributed by atoms with Gasteiger partial charge in [0.1, 0.15) is 0 Å². The molecule has 2 aromatic rings. The van der Waals surface area contributed by atoms with Crippen molar-refractivity contribution < 1.29 is 0 Å². The predicted octanol–water partition coefficient (Wildman–Crippen LogP) is 4.48. The molecule has 1 heterocycles. The molecule has 0 amide bonds. The molecule has 0 aliphatic heterocycles. The second-order valence-electron chi connectivity index (χ2n) is 4.21. The van der Waals surface area contributed by atoms with Crippen molar-refractivity contribution >= 4 is 23.1 Å². The Labute approximate surface area is 118 Å². The maximum absolute atomic E-state index is 3.40. The van der Waals surface area contributed by atoms with E-state index in [0.29, 0.717) is 6.04 Å². The maximum Gasteiger partial charge on any atom is 0.0582 e. The first-order chi connectivity index (χ1) is 8.74. The molecular weight excluding hydrogens is 258 g/mol. The lowest BCUT2D eigenvalue weighted by atomic mass is 10.0. The van der Waals surface area contributed by atoms with Crippen LogP contribution in [0.15, 0.2) is 40.6 Å². The fourth-order valence-corrected chi connectivity index (χ4v) is 3.46. The van der Waals surface area contributed by atoms with Crippen LogP contribution in [0, 0.1) is 6.92 Å². The Hall–Kier alpha value is -0.770. The van der Waals surface area contributed by atoms with Gasteiger partial charge in [-0.1, -0.05) is 19.1 Å². The van der Waals surface area contributed by atoms with Crippen LogP contribution in [0.1, 0.15) is 29.0 Å². The summed E-state index contributed by atoms with van der Waals surface area (Å²) in [5, 5.41) is 5.64. The van der Waals surface area contributed by atoms with Crippen molar-refractivity contribution in [2.75, 3.05) is 12.8 Å². The lowest BCUT2D eigenvalue weighted by molar-refractivity contribution is 0.693. The molecule has 1 aromatic carbocycles. The Morgan fingerprint density at radius 2 is 1.94 bits per heavy atom. The molecule has 0 saturated heterocycles. The van der Waals surface area contributed by atoms with Crippen molar-refractivity contribution in [3.63, 3.8) is 0 Å². The lowest BCUT2D eigenvalue weighted by Crippen LogP contribution is -2.16. The Kier molecular flexibility index (Phi) is 4.87. The van der Waals surface area contributed by atoms with E-state index in [-0.39, 0.29) is 0 Å². The Morgan fingerprint density at radius 3 is 2.44 bits per heavy atom. The number of nitrogens with one attached hydrogen (secondary N) is 1. The molecule has 0 fully saturated rings. The number of benzene rings is 1. The smallest absolute Gasteiger partial charge is 0.0582 e. The van der Waals surface area contributed by atoms with Crippen molar-refractivity contribution in [1.82, 2.24) is 5.32 Å². The van der Waals surface area contributed by atoms with Gasteiger partial charge in [0.25, 0.3) is 0 Å². The SMILES string of the molecule is CCSc1ccc(C(NC)c2csc(C)c2)cc1. The molecule has 0 radical (unpaired) electrons. The van der Waals surface area contributed by atoms with Crippen LogP contribution in [0.25, 0.3) is 0 Å². The second kappa shape index (κ2) is 6.41. The van der Waals surface area contributed by atoms with Crippen LogP contribution in [-0.2, 0) is 0 Å². The van der Waals surface area contributed by atoms with Crippen molar-refractivity contribution in [3.8, 4) is 0 Å². The topological polar surface area (TPSA) is 12.0 Å². The fourth-order valence-electron chi connectivity index (χ4n) is 2.06. The quantitative estimate of drug-likeness (QED) is 0.809. The molecule has 18 heavy (non-hydrogen) atoms. The number of thiophene rings is 1. The van der Waals surface area contributed by atoms with Crippen LogP contribution in [0.3, 0.4) is 0 Å². The third kappa shape index (κ3) is 3.16. The van der Waals surface area contributed by atoms with Gasteiger partial charge in [0.15, 0.2) is 0 Å². The van der Waals surface area contributed by atoms with Crippen molar-refractivity contribution in [3.05, 3.63) is 51.7 Å². The summed E-state index contributed by atoms with van der Waals surface area (Å²) < 4.78 is 0. The Bertz CT molecular complexity index is 487. The monoisotopic (exact) mass is 277 g/mol. The average molecular weight is 277 g/mol. The summed E-state index contributed by atoms with van der Waals surface area (Å²) in [7, 11) is 2.02. The van der Waals surface area contributed by atoms with E-state index in [9.17, 15) is 0 Å². The van der Waals surface area contributed by atoms with E-state index in [1.165, 1.54) is 20.9 Å². The fraction of sp³-hybridized carbons (Fsp3) is 0.333. The van der Waals surface area contributed by atoms with Crippen LogP contribution < -0.4 is 5.32 Å². The number of aryl methyl sites for hydroxylation is 1. The minimum Gasteiger partial charge on any atom is -0.309 e. The highest BCUT2D eigenvalue weighted by Gasteiger charge is 2.12. The highest BCUT2D eigenvalue weighted by Crippen LogP contribution is 2.27. The molecule has 3 heteroatoms. The van der Waals surface area contributed by atoms with Gasteiger partial charge in [0.2, 0.25) is 0 Å². The molecule has 1 N–H and O–H groups in total. The first-order valence-corrected chi connectivity index (χ1v) is 8.06. The molecule has 1 atom stereocenters. The second-order valence-corrected chi connectivity index (χ2v) is 6.67. The molecule has 0 aliphatic rings. The van der Waals surface area contributed by atoms with Crippen LogP contribution in [0.2, 0.25) is 0 Å². The van der Waals surface area contributed by atoms with Crippen LogP contribution in [0.5, 0.6) is 0 Å². The van der Waals surface area contributed by atoms with Crippen LogP contribution in [0.4, 0.5) is 0 Å². The van der Waals surface area contributed by atoms with Gasteiger partial charge in [-0.25, -0.2) is 0 Å². The van der Waals surface area contributed by atoms with E-state index >= 15 is 0 Å². The largest absolute Gasteiger partial charge is 0.309 e. The van der Waals surface area contributed by atoms with Crippen LogP contribution >= 0.6 is 23.1 Å². The average Bonchev–Trinajstić information content (AvgIpc) is 2.79. The third-order valence-corrected chi connectivity index (χ3v) is 4.67. The van der Waals surface area contributed by atoms with E-state index in [4.69, 9.17) is 0 Å². The van der Waals surface area contributed by atoms with Gasteiger partial charge < -0.3 is 5.32 Å². The van der Waals surface area contributed by atoms with E-state index in [2.05, 4.69) is 54.9 Å². The number of thioether (sulfide) groups is 1. The minimum atomic E-state index is 0.302. The lowest BCUT2D eigenvalue weighted by Gasteiger charge is -2.15. The van der Waals surface area contributed by atoms with Gasteiger partial charge in [0, 0.05) is 9.77 Å². The zero-order valence-electron chi connectivity index (χ0n) is 11.1. The summed E-state index contributed by atoms with van der Waals surface area (Å²) in [6.07, 6.45) is 0. The predicted molar refractivity (Wildman–Crippen MR) is 82.8 cm³/mol. The van der Waals surface area contributed by atoms with E-state index in [1.54, 1.807) is 0 Å². The molecule has 0 spiro atoms. The Morgan fingerprint density at radius 1 is 1.22 bits per heavy atom. The van der Waals surface area contributed by atoms with Gasteiger partial charge in [-0.2, -0.15) is 0 Å². The summed E-state index contributed by atoms with van der Waals surface area (Å²) >= 11 is 3.69. The number of rotatable bonds is 5. The zero-order chi connectivity index (χ0) is 13.0. The van der Waals surface area contributed by atoms with Crippen molar-refractivity contribution in [2.24, 2.45) is 0 Å². The van der Waals surface area contributed by atoms with Crippen LogP contribution in [-0.4, -0.2) is 12.8 Å². The van der Waals surface area contributed by atoms with Gasteiger partial charge in [-0.15, -0.1) is 23.1 Å². The normalized spacial score (nSPS) is 12.6. The molecule has 0 saturated carbocycles. The van der Waals surface area contributed by atoms with Gasteiger partial charge in [-0.3, -0.25) is 0 Å². The number of hydrogen-bond donors (Lipinski definition) is 1. The van der Waals surface area contributed by atoms with E-state index in [0.717, 1.165) is 5.75 Å². The third-order valence-electron chi connectivity index (χ3n) is 2.90. The maximum atomic E-state index is 3.40. The minimum absolute atomic E-state index is 0.302. The summed E-state index contributed by atoms with van der Waals surface area (Å²) in [5.74, 6) is 1.12. The van der Waals surface area contributed by atoms with Gasteiger partial charge >= 0.3 is 0 Å². The molecule has 96 valence electrons. The molecular formula is C15H19NS2. The highest BCUT2D eigenvalue weighted by atomic mass is 32.2. The summed E-state index contributed by atoms with van der Waals surface area (Å²) in [6.45, 7) is 4.34. The Balaban J connectivity index is 2.22. The first kappa shape index (κ1) is 13.7. The van der Waals surface area contributed by atoms with E-state index in [1.807, 2.05) is 30.1 Å². The highest BCUT2D eigenvalue weighted by molar-refractivity contribution is 7.99. The molecule has 0 bridgehead atoms. The number of hydrogen-bond acceptors (Lipinski definition) is 3. The van der Waals surface area contributed by atoms with Crippen molar-refractivity contribution in [2.45, 2.75) is 24.8 Å². The molecule has 2 rings (SSSR count). The summed E-state index contributed by atoms with van der Waals surface area (Å²) in [5.41, 5.74) is 2.69. The van der Waals surface area contributed by atoms with Gasteiger partial charge in [0.05, 0.1) is 6.04 Å². The molecule has 0 aliphatic carbocycles. The molecule has 1 unspecified atom stereocenters.